The van der Waals surface area contributed by atoms with Crippen molar-refractivity contribution in [3.8, 4) is 0 Å². The number of nitrogens with one attached hydrogen (secondary N) is 2. The van der Waals surface area contributed by atoms with Crippen LogP contribution in [0.5, 0.6) is 0 Å². The van der Waals surface area contributed by atoms with Crippen LogP contribution in [-0.4, -0.2) is 25.1 Å². The first kappa shape index (κ1) is 18.4. The summed E-state index contributed by atoms with van der Waals surface area (Å²) in [5.41, 5.74) is 2.03. The van der Waals surface area contributed by atoms with Crippen LogP contribution in [0, 0.1) is 5.92 Å². The van der Waals surface area contributed by atoms with Gasteiger partial charge in [-0.05, 0) is 68.8 Å². The van der Waals surface area contributed by atoms with E-state index < -0.39 is 0 Å². The molecule has 1 unspecified atom stereocenters. The van der Waals surface area contributed by atoms with Crippen molar-refractivity contribution in [3.63, 3.8) is 0 Å². The summed E-state index contributed by atoms with van der Waals surface area (Å²) in [6.07, 6.45) is 10.8. The Morgan fingerprint density at radius 3 is 2.84 bits per heavy atom. The van der Waals surface area contributed by atoms with E-state index in [9.17, 15) is 4.79 Å². The summed E-state index contributed by atoms with van der Waals surface area (Å²) in [7, 11) is 0. The number of rotatable bonds is 6. The Balaban J connectivity index is 1.46. The van der Waals surface area contributed by atoms with Crippen LogP contribution in [0.4, 0.5) is 5.69 Å². The van der Waals surface area contributed by atoms with E-state index in [1.54, 1.807) is 0 Å². The Kier molecular flexibility index (Phi) is 7.31. The van der Waals surface area contributed by atoms with Crippen LogP contribution in [0.1, 0.15) is 63.4 Å². The third kappa shape index (κ3) is 6.44. The molecular weight excluding hydrogens is 312 g/mol. The lowest BCUT2D eigenvalue weighted by Gasteiger charge is -2.22. The van der Waals surface area contributed by atoms with Gasteiger partial charge in [0, 0.05) is 12.1 Å². The average molecular weight is 344 g/mol. The second-order valence-electron chi connectivity index (χ2n) is 7.57. The van der Waals surface area contributed by atoms with Crippen molar-refractivity contribution in [1.29, 1.82) is 0 Å². The quantitative estimate of drug-likeness (QED) is 0.811. The standard InChI is InChI=1S/C21H32N2O2/c24-21(15-17-7-5-12-22-13-11-17)23-19-8-4-6-18(14-19)16-25-20-9-2-1-3-10-20/h4,6,8,14,17,20,22H,1-3,5,7,9-13,15-16H2,(H,23,24). The van der Waals surface area contributed by atoms with Crippen molar-refractivity contribution in [2.24, 2.45) is 5.92 Å². The Morgan fingerprint density at radius 1 is 1.08 bits per heavy atom. The number of anilines is 1. The molecule has 4 heteroatoms. The smallest absolute Gasteiger partial charge is 0.224 e. The summed E-state index contributed by atoms with van der Waals surface area (Å²) in [5.74, 6) is 0.644. The molecule has 1 aliphatic carbocycles. The number of carbonyl (C=O) groups excluding carboxylic acids is 1. The Hall–Kier alpha value is -1.39. The van der Waals surface area contributed by atoms with Gasteiger partial charge in [-0.15, -0.1) is 0 Å². The zero-order valence-electron chi connectivity index (χ0n) is 15.3. The molecule has 1 saturated heterocycles. The number of hydrogen-bond acceptors (Lipinski definition) is 3. The summed E-state index contributed by atoms with van der Waals surface area (Å²) in [4.78, 5) is 12.3. The topological polar surface area (TPSA) is 50.4 Å². The molecule has 1 saturated carbocycles. The van der Waals surface area contributed by atoms with Gasteiger partial charge in [0.1, 0.15) is 0 Å². The largest absolute Gasteiger partial charge is 0.374 e. The highest BCUT2D eigenvalue weighted by atomic mass is 16.5. The Bertz CT molecular complexity index is 532. The molecule has 1 aromatic carbocycles. The molecule has 1 aromatic rings. The van der Waals surface area contributed by atoms with E-state index in [1.165, 1.54) is 38.5 Å². The lowest BCUT2D eigenvalue weighted by molar-refractivity contribution is -0.117. The van der Waals surface area contributed by atoms with Gasteiger partial charge < -0.3 is 15.4 Å². The summed E-state index contributed by atoms with van der Waals surface area (Å²) in [6, 6.07) is 8.10. The number of carbonyl (C=O) groups is 1. The molecule has 138 valence electrons. The number of hydrogen-bond donors (Lipinski definition) is 2. The van der Waals surface area contributed by atoms with Gasteiger partial charge >= 0.3 is 0 Å². The van der Waals surface area contributed by atoms with Gasteiger partial charge in [0.2, 0.25) is 5.91 Å². The lowest BCUT2D eigenvalue weighted by atomic mass is 9.96. The highest BCUT2D eigenvalue weighted by molar-refractivity contribution is 5.90. The maximum absolute atomic E-state index is 12.3. The maximum Gasteiger partial charge on any atom is 0.224 e. The molecule has 3 rings (SSSR count). The zero-order chi connectivity index (χ0) is 17.3. The van der Waals surface area contributed by atoms with Gasteiger partial charge in [-0.25, -0.2) is 0 Å². The second-order valence-corrected chi connectivity index (χ2v) is 7.57. The minimum Gasteiger partial charge on any atom is -0.374 e. The van der Waals surface area contributed by atoms with Crippen molar-refractivity contribution in [3.05, 3.63) is 29.8 Å². The molecule has 1 atom stereocenters. The van der Waals surface area contributed by atoms with Gasteiger partial charge in [-0.1, -0.05) is 31.4 Å². The van der Waals surface area contributed by atoms with Gasteiger partial charge in [0.15, 0.2) is 0 Å². The molecule has 2 fully saturated rings. The molecule has 1 aliphatic heterocycles. The highest BCUT2D eigenvalue weighted by Crippen LogP contribution is 2.22. The molecule has 4 nitrogen and oxygen atoms in total. The fourth-order valence-corrected chi connectivity index (χ4v) is 3.95. The summed E-state index contributed by atoms with van der Waals surface area (Å²) in [5, 5.41) is 6.48. The minimum atomic E-state index is 0.136. The van der Waals surface area contributed by atoms with E-state index in [0.717, 1.165) is 37.2 Å². The van der Waals surface area contributed by atoms with E-state index in [1.807, 2.05) is 12.1 Å². The van der Waals surface area contributed by atoms with E-state index >= 15 is 0 Å². The van der Waals surface area contributed by atoms with Crippen LogP contribution in [-0.2, 0) is 16.1 Å². The molecular formula is C21H32N2O2. The molecule has 2 N–H and O–H groups in total. The van der Waals surface area contributed by atoms with E-state index in [4.69, 9.17) is 4.74 Å². The summed E-state index contributed by atoms with van der Waals surface area (Å²) < 4.78 is 6.04. The molecule has 25 heavy (non-hydrogen) atoms. The van der Waals surface area contributed by atoms with Crippen molar-refractivity contribution in [1.82, 2.24) is 5.32 Å². The Labute approximate surface area is 151 Å². The van der Waals surface area contributed by atoms with E-state index in [0.29, 0.717) is 25.0 Å². The highest BCUT2D eigenvalue weighted by Gasteiger charge is 2.16. The van der Waals surface area contributed by atoms with Gasteiger partial charge in [-0.2, -0.15) is 0 Å². The lowest BCUT2D eigenvalue weighted by Crippen LogP contribution is -2.18. The van der Waals surface area contributed by atoms with Crippen LogP contribution >= 0.6 is 0 Å². The fraction of sp³-hybridized carbons (Fsp3) is 0.667. The number of amides is 1. The van der Waals surface area contributed by atoms with Crippen LogP contribution in [0.2, 0.25) is 0 Å². The monoisotopic (exact) mass is 344 g/mol. The van der Waals surface area contributed by atoms with Crippen molar-refractivity contribution in [2.75, 3.05) is 18.4 Å². The molecule has 2 aliphatic rings. The summed E-state index contributed by atoms with van der Waals surface area (Å²) >= 11 is 0. The predicted octanol–water partition coefficient (Wildman–Crippen LogP) is 4.25. The molecule has 1 amide bonds. The van der Waals surface area contributed by atoms with Gasteiger partial charge in [0.05, 0.1) is 12.7 Å². The molecule has 0 spiro atoms. The van der Waals surface area contributed by atoms with Crippen LogP contribution in [0.3, 0.4) is 0 Å². The molecule has 0 aromatic heterocycles. The first-order valence-electron chi connectivity index (χ1n) is 10.0. The average Bonchev–Trinajstić information content (AvgIpc) is 2.90. The number of ether oxygens (including phenoxy) is 1. The van der Waals surface area contributed by atoms with Gasteiger partial charge in [0.25, 0.3) is 0 Å². The van der Waals surface area contributed by atoms with Crippen LogP contribution in [0.25, 0.3) is 0 Å². The van der Waals surface area contributed by atoms with Crippen molar-refractivity contribution >= 4 is 11.6 Å². The first-order valence-corrected chi connectivity index (χ1v) is 10.0. The van der Waals surface area contributed by atoms with Crippen molar-refractivity contribution < 1.29 is 9.53 Å². The SMILES string of the molecule is O=C(CC1CCCNCC1)Nc1cccc(COC2CCCCC2)c1. The fourth-order valence-electron chi connectivity index (χ4n) is 3.95. The van der Waals surface area contributed by atoms with E-state index in [-0.39, 0.29) is 5.91 Å². The normalized spacial score (nSPS) is 22.3. The number of benzene rings is 1. The molecule has 1 heterocycles. The minimum absolute atomic E-state index is 0.136. The third-order valence-corrected chi connectivity index (χ3v) is 5.42. The second kappa shape index (κ2) is 9.93. The van der Waals surface area contributed by atoms with E-state index in [2.05, 4.69) is 22.8 Å². The van der Waals surface area contributed by atoms with Crippen LogP contribution in [0.15, 0.2) is 24.3 Å². The third-order valence-electron chi connectivity index (χ3n) is 5.42. The summed E-state index contributed by atoms with van der Waals surface area (Å²) in [6.45, 7) is 2.76. The maximum atomic E-state index is 12.3. The van der Waals surface area contributed by atoms with Crippen LogP contribution < -0.4 is 10.6 Å². The first-order chi connectivity index (χ1) is 12.3. The molecule has 0 radical (unpaired) electrons. The Morgan fingerprint density at radius 2 is 1.96 bits per heavy atom. The van der Waals surface area contributed by atoms with Gasteiger partial charge in [-0.3, -0.25) is 4.79 Å². The molecule has 0 bridgehead atoms. The van der Waals surface area contributed by atoms with Crippen molar-refractivity contribution in [2.45, 2.75) is 70.5 Å². The zero-order valence-corrected chi connectivity index (χ0v) is 15.3. The predicted molar refractivity (Wildman–Crippen MR) is 102 cm³/mol.